The van der Waals surface area contributed by atoms with Gasteiger partial charge in [0.15, 0.2) is 0 Å². The van der Waals surface area contributed by atoms with E-state index in [-0.39, 0.29) is 5.91 Å². The van der Waals surface area contributed by atoms with Crippen molar-refractivity contribution in [2.45, 2.75) is 39.5 Å². The first kappa shape index (κ1) is 15.0. The second-order valence-corrected chi connectivity index (χ2v) is 4.88. The molecule has 18 heavy (non-hydrogen) atoms. The molecule has 1 rings (SSSR count). The number of nitrogens with one attached hydrogen (secondary N) is 1. The van der Waals surface area contributed by atoms with Crippen molar-refractivity contribution >= 4 is 17.5 Å². The summed E-state index contributed by atoms with van der Waals surface area (Å²) in [6.45, 7) is 5.08. The minimum absolute atomic E-state index is 0.0749. The van der Waals surface area contributed by atoms with Gasteiger partial charge in [-0.1, -0.05) is 44.7 Å². The summed E-state index contributed by atoms with van der Waals surface area (Å²) in [6.07, 6.45) is 6.19. The molecular weight excluding hydrogens is 248 g/mol. The Morgan fingerprint density at radius 3 is 2.78 bits per heavy atom. The molecule has 0 aliphatic heterocycles. The number of hydrogen-bond donors (Lipinski definition) is 1. The average Bonchev–Trinajstić information content (AvgIpc) is 2.39. The molecule has 0 fully saturated rings. The normalized spacial score (nSPS) is 12.2. The van der Waals surface area contributed by atoms with E-state index in [1.54, 1.807) is 12.1 Å². The molecule has 1 aromatic rings. The van der Waals surface area contributed by atoms with Crippen molar-refractivity contribution in [3.8, 4) is 0 Å². The molecule has 3 nitrogen and oxygen atoms in total. The standard InChI is InChI=1S/C14H21ClN2O/c1-3-5-6-11(4-2)9-17-14(18)12-7-8-13(15)16-10-12/h7-8,10-11H,3-6,9H2,1-2H3,(H,17,18)/t11-/m0/s1. The minimum atomic E-state index is -0.0749. The molecule has 0 aliphatic carbocycles. The van der Waals surface area contributed by atoms with Crippen LogP contribution in [0.4, 0.5) is 0 Å². The molecular formula is C14H21ClN2O. The summed E-state index contributed by atoms with van der Waals surface area (Å²) in [4.78, 5) is 15.8. The van der Waals surface area contributed by atoms with Gasteiger partial charge in [0.25, 0.3) is 5.91 Å². The number of rotatable bonds is 7. The quantitative estimate of drug-likeness (QED) is 0.767. The molecule has 1 heterocycles. The lowest BCUT2D eigenvalue weighted by atomic mass is 9.99. The van der Waals surface area contributed by atoms with Gasteiger partial charge in [0.05, 0.1) is 5.56 Å². The summed E-state index contributed by atoms with van der Waals surface area (Å²) in [7, 11) is 0. The molecule has 0 saturated heterocycles. The lowest BCUT2D eigenvalue weighted by molar-refractivity contribution is 0.0945. The third-order valence-electron chi connectivity index (χ3n) is 3.08. The van der Waals surface area contributed by atoms with E-state index in [4.69, 9.17) is 11.6 Å². The number of amides is 1. The highest BCUT2D eigenvalue weighted by Gasteiger charge is 2.10. The fourth-order valence-corrected chi connectivity index (χ4v) is 1.90. The predicted octanol–water partition coefficient (Wildman–Crippen LogP) is 3.68. The van der Waals surface area contributed by atoms with Gasteiger partial charge in [0.1, 0.15) is 5.15 Å². The number of halogens is 1. The molecule has 0 aliphatic rings. The highest BCUT2D eigenvalue weighted by Crippen LogP contribution is 2.11. The molecule has 0 saturated carbocycles. The van der Waals surface area contributed by atoms with Crippen molar-refractivity contribution in [3.63, 3.8) is 0 Å². The third-order valence-corrected chi connectivity index (χ3v) is 3.31. The lowest BCUT2D eigenvalue weighted by Gasteiger charge is -2.15. The molecule has 0 aromatic carbocycles. The topological polar surface area (TPSA) is 42.0 Å². The van der Waals surface area contributed by atoms with Crippen LogP contribution in [-0.2, 0) is 0 Å². The largest absolute Gasteiger partial charge is 0.352 e. The van der Waals surface area contributed by atoms with Crippen molar-refractivity contribution in [2.24, 2.45) is 5.92 Å². The van der Waals surface area contributed by atoms with Gasteiger partial charge in [-0.2, -0.15) is 0 Å². The van der Waals surface area contributed by atoms with E-state index in [1.165, 1.54) is 25.5 Å². The van der Waals surface area contributed by atoms with Crippen LogP contribution in [0.3, 0.4) is 0 Å². The minimum Gasteiger partial charge on any atom is -0.352 e. The first-order valence-corrected chi connectivity index (χ1v) is 6.94. The van der Waals surface area contributed by atoms with Crippen molar-refractivity contribution in [1.29, 1.82) is 0 Å². The molecule has 4 heteroatoms. The Morgan fingerprint density at radius 1 is 1.44 bits per heavy atom. The van der Waals surface area contributed by atoms with E-state index >= 15 is 0 Å². The van der Waals surface area contributed by atoms with Gasteiger partial charge in [0.2, 0.25) is 0 Å². The molecule has 1 atom stereocenters. The van der Waals surface area contributed by atoms with Crippen LogP contribution < -0.4 is 5.32 Å². The molecule has 1 N–H and O–H groups in total. The molecule has 0 bridgehead atoms. The third kappa shape index (κ3) is 5.05. The fraction of sp³-hybridized carbons (Fsp3) is 0.571. The SMILES string of the molecule is CCCC[C@H](CC)CNC(=O)c1ccc(Cl)nc1. The van der Waals surface area contributed by atoms with Crippen LogP contribution in [0.2, 0.25) is 5.15 Å². The predicted molar refractivity (Wildman–Crippen MR) is 74.9 cm³/mol. The fourth-order valence-electron chi connectivity index (χ4n) is 1.79. The number of unbranched alkanes of at least 4 members (excludes halogenated alkanes) is 1. The average molecular weight is 269 g/mol. The summed E-state index contributed by atoms with van der Waals surface area (Å²) in [5.74, 6) is 0.489. The Morgan fingerprint density at radius 2 is 2.22 bits per heavy atom. The van der Waals surface area contributed by atoms with Gasteiger partial charge in [-0.05, 0) is 24.5 Å². The number of carbonyl (C=O) groups is 1. The van der Waals surface area contributed by atoms with Crippen molar-refractivity contribution in [2.75, 3.05) is 6.54 Å². The summed E-state index contributed by atoms with van der Waals surface area (Å²) in [6, 6.07) is 3.32. The highest BCUT2D eigenvalue weighted by atomic mass is 35.5. The first-order valence-electron chi connectivity index (χ1n) is 6.57. The number of nitrogens with zero attached hydrogens (tertiary/aromatic N) is 1. The summed E-state index contributed by atoms with van der Waals surface area (Å²) in [5.41, 5.74) is 0.560. The van der Waals surface area contributed by atoms with Gasteiger partial charge in [-0.25, -0.2) is 4.98 Å². The maximum Gasteiger partial charge on any atom is 0.252 e. The first-order chi connectivity index (χ1) is 8.67. The van der Waals surface area contributed by atoms with Gasteiger partial charge >= 0.3 is 0 Å². The Balaban J connectivity index is 2.42. The van der Waals surface area contributed by atoms with Crippen LogP contribution in [-0.4, -0.2) is 17.4 Å². The monoisotopic (exact) mass is 268 g/mol. The van der Waals surface area contributed by atoms with E-state index < -0.39 is 0 Å². The van der Waals surface area contributed by atoms with Crippen LogP contribution >= 0.6 is 11.6 Å². The number of aromatic nitrogens is 1. The Hall–Kier alpha value is -1.09. The smallest absolute Gasteiger partial charge is 0.252 e. The van der Waals surface area contributed by atoms with Crippen LogP contribution in [0.1, 0.15) is 49.9 Å². The number of carbonyl (C=O) groups excluding carboxylic acids is 1. The second-order valence-electron chi connectivity index (χ2n) is 4.50. The maximum absolute atomic E-state index is 11.9. The summed E-state index contributed by atoms with van der Waals surface area (Å²) >= 11 is 5.68. The van der Waals surface area contributed by atoms with Crippen molar-refractivity contribution in [1.82, 2.24) is 10.3 Å². The van der Waals surface area contributed by atoms with Gasteiger partial charge in [0, 0.05) is 12.7 Å². The van der Waals surface area contributed by atoms with Crippen LogP contribution in [0.5, 0.6) is 0 Å². The summed E-state index contributed by atoms with van der Waals surface area (Å²) in [5, 5.41) is 3.36. The Labute approximate surface area is 114 Å². The Kier molecular flexibility index (Phi) is 6.73. The van der Waals surface area contributed by atoms with E-state index in [9.17, 15) is 4.79 Å². The highest BCUT2D eigenvalue weighted by molar-refractivity contribution is 6.29. The van der Waals surface area contributed by atoms with Crippen molar-refractivity contribution in [3.05, 3.63) is 29.0 Å². The maximum atomic E-state index is 11.9. The lowest BCUT2D eigenvalue weighted by Crippen LogP contribution is -2.29. The molecule has 0 spiro atoms. The number of pyridine rings is 1. The molecule has 100 valence electrons. The van der Waals surface area contributed by atoms with E-state index in [2.05, 4.69) is 24.1 Å². The molecule has 1 aromatic heterocycles. The zero-order valence-electron chi connectivity index (χ0n) is 11.1. The summed E-state index contributed by atoms with van der Waals surface area (Å²) < 4.78 is 0. The molecule has 0 radical (unpaired) electrons. The van der Waals surface area contributed by atoms with Crippen LogP contribution in [0.25, 0.3) is 0 Å². The molecule has 0 unspecified atom stereocenters. The van der Waals surface area contributed by atoms with Crippen LogP contribution in [0, 0.1) is 5.92 Å². The number of hydrogen-bond acceptors (Lipinski definition) is 2. The van der Waals surface area contributed by atoms with Gasteiger partial charge in [-0.3, -0.25) is 4.79 Å². The van der Waals surface area contributed by atoms with Gasteiger partial charge < -0.3 is 5.32 Å². The zero-order valence-corrected chi connectivity index (χ0v) is 11.8. The van der Waals surface area contributed by atoms with E-state index in [0.717, 1.165) is 13.0 Å². The second kappa shape index (κ2) is 8.09. The van der Waals surface area contributed by atoms with Crippen LogP contribution in [0.15, 0.2) is 18.3 Å². The molecule has 1 amide bonds. The Bertz CT molecular complexity index is 365. The zero-order chi connectivity index (χ0) is 13.4. The van der Waals surface area contributed by atoms with Gasteiger partial charge in [-0.15, -0.1) is 0 Å². The van der Waals surface area contributed by atoms with E-state index in [1.807, 2.05) is 0 Å². The van der Waals surface area contributed by atoms with E-state index in [0.29, 0.717) is 16.6 Å². The van der Waals surface area contributed by atoms with Crippen molar-refractivity contribution < 1.29 is 4.79 Å².